The summed E-state index contributed by atoms with van der Waals surface area (Å²) in [5.41, 5.74) is 0. The second-order valence-electron chi connectivity index (χ2n) is 4.57. The maximum absolute atomic E-state index is 11.8. The van der Waals surface area contributed by atoms with E-state index >= 15 is 0 Å². The van der Waals surface area contributed by atoms with E-state index in [4.69, 9.17) is 4.74 Å². The SMILES string of the molecule is C[C@@H](NCC(=O)NC1CCOCC1)c1cccs1. The van der Waals surface area contributed by atoms with Gasteiger partial charge >= 0.3 is 0 Å². The Kier molecular flexibility index (Phi) is 5.16. The van der Waals surface area contributed by atoms with Crippen molar-refractivity contribution < 1.29 is 9.53 Å². The summed E-state index contributed by atoms with van der Waals surface area (Å²) < 4.78 is 5.26. The lowest BCUT2D eigenvalue weighted by Gasteiger charge is -2.23. The van der Waals surface area contributed by atoms with E-state index in [1.807, 2.05) is 6.07 Å². The molecule has 4 nitrogen and oxygen atoms in total. The zero-order valence-corrected chi connectivity index (χ0v) is 11.5. The molecule has 0 bridgehead atoms. The molecule has 1 aliphatic heterocycles. The van der Waals surface area contributed by atoms with E-state index in [9.17, 15) is 4.79 Å². The molecular weight excluding hydrogens is 248 g/mol. The molecule has 2 N–H and O–H groups in total. The lowest BCUT2D eigenvalue weighted by molar-refractivity contribution is -0.121. The molecule has 1 aromatic rings. The van der Waals surface area contributed by atoms with Crippen LogP contribution in [0.4, 0.5) is 0 Å². The summed E-state index contributed by atoms with van der Waals surface area (Å²) in [5.74, 6) is 0.0744. The largest absolute Gasteiger partial charge is 0.381 e. The standard InChI is InChI=1S/C13H20N2O2S/c1-10(12-3-2-8-18-12)14-9-13(16)15-11-4-6-17-7-5-11/h2-3,8,10-11,14H,4-7,9H2,1H3,(H,15,16)/t10-/m1/s1. The van der Waals surface area contributed by atoms with Crippen LogP contribution in [0, 0.1) is 0 Å². The van der Waals surface area contributed by atoms with Gasteiger partial charge in [0.25, 0.3) is 0 Å². The fourth-order valence-electron chi connectivity index (χ4n) is 2.00. The van der Waals surface area contributed by atoms with Crippen LogP contribution in [-0.2, 0) is 9.53 Å². The van der Waals surface area contributed by atoms with Gasteiger partial charge in [-0.3, -0.25) is 4.79 Å². The third-order valence-corrected chi connectivity index (χ3v) is 4.18. The maximum Gasteiger partial charge on any atom is 0.234 e. The van der Waals surface area contributed by atoms with Crippen LogP contribution in [-0.4, -0.2) is 31.7 Å². The summed E-state index contributed by atoms with van der Waals surface area (Å²) in [6.45, 7) is 3.96. The highest BCUT2D eigenvalue weighted by molar-refractivity contribution is 7.10. The molecule has 0 spiro atoms. The van der Waals surface area contributed by atoms with Crippen LogP contribution in [0.25, 0.3) is 0 Å². The first-order chi connectivity index (χ1) is 8.75. The van der Waals surface area contributed by atoms with E-state index in [1.54, 1.807) is 11.3 Å². The highest BCUT2D eigenvalue weighted by atomic mass is 32.1. The Labute approximate surface area is 112 Å². The van der Waals surface area contributed by atoms with Crippen molar-refractivity contribution in [2.24, 2.45) is 0 Å². The molecule has 1 saturated heterocycles. The van der Waals surface area contributed by atoms with Gasteiger partial charge in [0, 0.05) is 30.2 Å². The molecule has 0 aliphatic carbocycles. The molecule has 2 rings (SSSR count). The van der Waals surface area contributed by atoms with Gasteiger partial charge < -0.3 is 15.4 Å². The zero-order chi connectivity index (χ0) is 12.8. The monoisotopic (exact) mass is 268 g/mol. The second-order valence-corrected chi connectivity index (χ2v) is 5.55. The zero-order valence-electron chi connectivity index (χ0n) is 10.6. The number of amides is 1. The minimum atomic E-state index is 0.0744. The number of hydrogen-bond acceptors (Lipinski definition) is 4. The topological polar surface area (TPSA) is 50.4 Å². The van der Waals surface area contributed by atoms with E-state index in [2.05, 4.69) is 29.0 Å². The first-order valence-electron chi connectivity index (χ1n) is 6.39. The predicted molar refractivity (Wildman–Crippen MR) is 72.7 cm³/mol. The number of carbonyl (C=O) groups is 1. The minimum Gasteiger partial charge on any atom is -0.381 e. The summed E-state index contributed by atoms with van der Waals surface area (Å²) in [4.78, 5) is 13.0. The van der Waals surface area contributed by atoms with Crippen molar-refractivity contribution in [2.45, 2.75) is 31.8 Å². The van der Waals surface area contributed by atoms with Gasteiger partial charge in [0.2, 0.25) is 5.91 Å². The van der Waals surface area contributed by atoms with Gasteiger partial charge in [-0.2, -0.15) is 0 Å². The van der Waals surface area contributed by atoms with Crippen molar-refractivity contribution in [3.63, 3.8) is 0 Å². The molecule has 1 fully saturated rings. The number of thiophene rings is 1. The lowest BCUT2D eigenvalue weighted by Crippen LogP contribution is -2.43. The van der Waals surface area contributed by atoms with E-state index in [0.29, 0.717) is 6.54 Å². The van der Waals surface area contributed by atoms with Crippen molar-refractivity contribution in [3.05, 3.63) is 22.4 Å². The van der Waals surface area contributed by atoms with Crippen molar-refractivity contribution >= 4 is 17.2 Å². The van der Waals surface area contributed by atoms with Crippen LogP contribution in [0.15, 0.2) is 17.5 Å². The molecule has 1 amide bonds. The summed E-state index contributed by atoms with van der Waals surface area (Å²) in [5, 5.41) is 8.33. The highest BCUT2D eigenvalue weighted by Crippen LogP contribution is 2.17. The molecule has 2 heterocycles. The van der Waals surface area contributed by atoms with E-state index < -0.39 is 0 Å². The van der Waals surface area contributed by atoms with Crippen molar-refractivity contribution in [2.75, 3.05) is 19.8 Å². The summed E-state index contributed by atoms with van der Waals surface area (Å²) in [7, 11) is 0. The Morgan fingerprint density at radius 2 is 2.33 bits per heavy atom. The molecule has 1 aliphatic rings. The molecule has 0 radical (unpaired) electrons. The third kappa shape index (κ3) is 4.08. The van der Waals surface area contributed by atoms with Crippen molar-refractivity contribution in [3.8, 4) is 0 Å². The fourth-order valence-corrected chi connectivity index (χ4v) is 2.76. The summed E-state index contributed by atoms with van der Waals surface area (Å²) >= 11 is 1.71. The summed E-state index contributed by atoms with van der Waals surface area (Å²) in [6.07, 6.45) is 1.85. The molecule has 0 aromatic carbocycles. The molecule has 1 aromatic heterocycles. The van der Waals surface area contributed by atoms with Gasteiger partial charge in [-0.15, -0.1) is 11.3 Å². The van der Waals surface area contributed by atoms with Gasteiger partial charge in [-0.05, 0) is 31.2 Å². The Bertz CT molecular complexity index is 361. The first kappa shape index (κ1) is 13.5. The molecule has 5 heteroatoms. The quantitative estimate of drug-likeness (QED) is 0.854. The van der Waals surface area contributed by atoms with Crippen LogP contribution >= 0.6 is 11.3 Å². The molecule has 100 valence electrons. The second kappa shape index (κ2) is 6.87. The molecular formula is C13H20N2O2S. The molecule has 0 unspecified atom stereocenters. The average molecular weight is 268 g/mol. The van der Waals surface area contributed by atoms with Gasteiger partial charge in [-0.25, -0.2) is 0 Å². The van der Waals surface area contributed by atoms with Gasteiger partial charge in [-0.1, -0.05) is 6.07 Å². The fraction of sp³-hybridized carbons (Fsp3) is 0.615. The first-order valence-corrected chi connectivity index (χ1v) is 7.27. The Hall–Kier alpha value is -0.910. The lowest BCUT2D eigenvalue weighted by atomic mass is 10.1. The number of carbonyl (C=O) groups excluding carboxylic acids is 1. The molecule has 1 atom stereocenters. The van der Waals surface area contributed by atoms with Crippen LogP contribution < -0.4 is 10.6 Å². The van der Waals surface area contributed by atoms with E-state index in [1.165, 1.54) is 4.88 Å². The van der Waals surface area contributed by atoms with E-state index in [-0.39, 0.29) is 18.0 Å². The normalized spacial score (nSPS) is 18.5. The maximum atomic E-state index is 11.8. The van der Waals surface area contributed by atoms with Crippen molar-refractivity contribution in [1.82, 2.24) is 10.6 Å². The number of hydrogen-bond donors (Lipinski definition) is 2. The number of nitrogens with one attached hydrogen (secondary N) is 2. The van der Waals surface area contributed by atoms with E-state index in [0.717, 1.165) is 26.1 Å². The van der Waals surface area contributed by atoms with Crippen LogP contribution in [0.2, 0.25) is 0 Å². The van der Waals surface area contributed by atoms with Crippen LogP contribution in [0.1, 0.15) is 30.7 Å². The Morgan fingerprint density at radius 3 is 3.00 bits per heavy atom. The molecule has 0 saturated carbocycles. The van der Waals surface area contributed by atoms with Crippen LogP contribution in [0.5, 0.6) is 0 Å². The molecule has 18 heavy (non-hydrogen) atoms. The average Bonchev–Trinajstić information content (AvgIpc) is 2.91. The van der Waals surface area contributed by atoms with Crippen LogP contribution in [0.3, 0.4) is 0 Å². The third-order valence-electron chi connectivity index (χ3n) is 3.13. The minimum absolute atomic E-state index is 0.0744. The number of ether oxygens (including phenoxy) is 1. The predicted octanol–water partition coefficient (Wildman–Crippen LogP) is 1.69. The number of rotatable bonds is 5. The van der Waals surface area contributed by atoms with Gasteiger partial charge in [0.15, 0.2) is 0 Å². The Morgan fingerprint density at radius 1 is 1.56 bits per heavy atom. The summed E-state index contributed by atoms with van der Waals surface area (Å²) in [6, 6.07) is 4.62. The smallest absolute Gasteiger partial charge is 0.234 e. The highest BCUT2D eigenvalue weighted by Gasteiger charge is 2.16. The van der Waals surface area contributed by atoms with Gasteiger partial charge in [0.1, 0.15) is 0 Å². The Balaban J connectivity index is 1.68. The van der Waals surface area contributed by atoms with Crippen molar-refractivity contribution in [1.29, 1.82) is 0 Å². The van der Waals surface area contributed by atoms with Gasteiger partial charge in [0.05, 0.1) is 6.54 Å².